The van der Waals surface area contributed by atoms with Crippen LogP contribution in [0.3, 0.4) is 0 Å². The summed E-state index contributed by atoms with van der Waals surface area (Å²) in [5, 5.41) is 1.12. The molecule has 0 bridgehead atoms. The second-order valence-corrected chi connectivity index (χ2v) is 6.29. The molecule has 2 heterocycles. The van der Waals surface area contributed by atoms with Crippen molar-refractivity contribution in [2.45, 2.75) is 12.1 Å². The predicted octanol–water partition coefficient (Wildman–Crippen LogP) is -5.60. The third-order valence-electron chi connectivity index (χ3n) is 3.70. The molecule has 3 rings (SSSR count). The summed E-state index contributed by atoms with van der Waals surface area (Å²) in [4.78, 5) is 8.49. The first kappa shape index (κ1) is 20.4. The van der Waals surface area contributed by atoms with E-state index >= 15 is 0 Å². The first-order chi connectivity index (χ1) is 10.3. The van der Waals surface area contributed by atoms with Crippen molar-refractivity contribution in [2.24, 2.45) is 0 Å². The van der Waals surface area contributed by atoms with Gasteiger partial charge in [0.2, 0.25) is 0 Å². The number of rotatable bonds is 6. The fourth-order valence-corrected chi connectivity index (χ4v) is 3.51. The van der Waals surface area contributed by atoms with Crippen LogP contribution in [0.25, 0.3) is 11.0 Å². The number of imidazole rings is 1. The average molecular weight is 380 g/mol. The molecule has 1 fully saturated rings. The van der Waals surface area contributed by atoms with Gasteiger partial charge in [-0.2, -0.15) is 0 Å². The van der Waals surface area contributed by atoms with E-state index in [0.29, 0.717) is 6.61 Å². The maximum absolute atomic E-state index is 5.53. The van der Waals surface area contributed by atoms with Gasteiger partial charge in [0.25, 0.3) is 0 Å². The van der Waals surface area contributed by atoms with Crippen molar-refractivity contribution >= 4 is 22.8 Å². The zero-order valence-electron chi connectivity index (χ0n) is 13.2. The normalized spacial score (nSPS) is 15.0. The topological polar surface area (TPSA) is 52.8 Å². The zero-order chi connectivity index (χ0) is 14.5. The lowest BCUT2D eigenvalue weighted by Gasteiger charge is -2.23. The van der Waals surface area contributed by atoms with Crippen molar-refractivity contribution in [1.82, 2.24) is 4.98 Å². The Kier molecular flexibility index (Phi) is 9.09. The first-order valence-corrected chi connectivity index (χ1v) is 8.55. The van der Waals surface area contributed by atoms with Gasteiger partial charge in [0.1, 0.15) is 18.8 Å². The van der Waals surface area contributed by atoms with Crippen molar-refractivity contribution in [3.05, 3.63) is 18.2 Å². The van der Waals surface area contributed by atoms with Crippen LogP contribution < -0.4 is 39.4 Å². The second-order valence-electron chi connectivity index (χ2n) is 5.18. The smallest absolute Gasteiger partial charge is 0.314 e. The summed E-state index contributed by atoms with van der Waals surface area (Å²) in [5.41, 5.74) is 2.22. The Morgan fingerprint density at radius 3 is 2.83 bits per heavy atom. The summed E-state index contributed by atoms with van der Waals surface area (Å²) >= 11 is 1.85. The molecule has 130 valence electrons. The largest absolute Gasteiger partial charge is 1.00 e. The van der Waals surface area contributed by atoms with Crippen LogP contribution in [0, 0.1) is 0 Å². The number of ether oxygens (including phenoxy) is 2. The molecule has 1 saturated heterocycles. The van der Waals surface area contributed by atoms with E-state index in [0.717, 1.165) is 54.0 Å². The molecule has 0 atom stereocenters. The highest BCUT2D eigenvalue weighted by molar-refractivity contribution is 7.99. The Balaban J connectivity index is 0.00000132. The third-order valence-corrected chi connectivity index (χ3v) is 4.60. The highest BCUT2D eigenvalue weighted by Crippen LogP contribution is 2.20. The van der Waals surface area contributed by atoms with Gasteiger partial charge in [-0.3, -0.25) is 0 Å². The number of aromatic nitrogens is 2. The first-order valence-electron chi connectivity index (χ1n) is 7.57. The van der Waals surface area contributed by atoms with Gasteiger partial charge in [0.15, 0.2) is 11.0 Å². The second kappa shape index (κ2) is 10.3. The van der Waals surface area contributed by atoms with E-state index < -0.39 is 0 Å². The summed E-state index contributed by atoms with van der Waals surface area (Å²) < 4.78 is 10.9. The number of nitrogens with one attached hydrogen (secondary N) is 3. The molecule has 5 nitrogen and oxygen atoms in total. The monoisotopic (exact) mass is 379 g/mol. The van der Waals surface area contributed by atoms with Crippen LogP contribution in [0.4, 0.5) is 0 Å². The molecule has 1 aliphatic rings. The van der Waals surface area contributed by atoms with Crippen molar-refractivity contribution in [1.29, 1.82) is 0 Å². The Morgan fingerprint density at radius 1 is 1.30 bits per heavy atom. The number of hydrogen-bond donors (Lipinski definition) is 2. The minimum atomic E-state index is 0. The van der Waals surface area contributed by atoms with Gasteiger partial charge in [-0.15, -0.1) is 0 Å². The third kappa shape index (κ3) is 5.72. The predicted molar refractivity (Wildman–Crippen MR) is 83.1 cm³/mol. The SMILES string of the molecule is CCOc1ccc2[nH+]c(SCC[NH+]3CCOCC3)[nH]c2c1.[Cl-].[Cl-]. The molecule has 0 spiro atoms. The van der Waals surface area contributed by atoms with Crippen molar-refractivity contribution in [3.8, 4) is 5.75 Å². The van der Waals surface area contributed by atoms with Gasteiger partial charge in [-0.05, 0) is 30.8 Å². The number of fused-ring (bicyclic) bond motifs is 1. The number of hydrogen-bond acceptors (Lipinski definition) is 3. The minimum absolute atomic E-state index is 0. The minimum Gasteiger partial charge on any atom is -1.00 e. The number of aromatic amines is 2. The average Bonchev–Trinajstić information content (AvgIpc) is 2.91. The molecule has 0 saturated carbocycles. The highest BCUT2D eigenvalue weighted by atomic mass is 35.5. The molecule has 0 amide bonds. The molecule has 1 aromatic heterocycles. The van der Waals surface area contributed by atoms with Crippen molar-refractivity contribution in [3.63, 3.8) is 0 Å². The zero-order valence-corrected chi connectivity index (χ0v) is 15.5. The van der Waals surface area contributed by atoms with Gasteiger partial charge in [0, 0.05) is 6.07 Å². The lowest BCUT2D eigenvalue weighted by atomic mass is 10.3. The highest BCUT2D eigenvalue weighted by Gasteiger charge is 2.16. The molecule has 3 N–H and O–H groups in total. The molecular weight excluding hydrogens is 357 g/mol. The van der Waals surface area contributed by atoms with E-state index in [9.17, 15) is 0 Å². The van der Waals surface area contributed by atoms with Gasteiger partial charge in [0.05, 0.1) is 32.1 Å². The fraction of sp³-hybridized carbons (Fsp3) is 0.533. The number of thioether (sulfide) groups is 1. The molecule has 1 aliphatic heterocycles. The lowest BCUT2D eigenvalue weighted by molar-refractivity contribution is -0.905. The molecular formula is C15H23Cl2N3O2S. The quantitative estimate of drug-likeness (QED) is 0.492. The summed E-state index contributed by atoms with van der Waals surface area (Å²) in [5.74, 6) is 2.02. The summed E-state index contributed by atoms with van der Waals surface area (Å²) in [6.07, 6.45) is 0. The number of quaternary nitrogens is 1. The Morgan fingerprint density at radius 2 is 2.09 bits per heavy atom. The van der Waals surface area contributed by atoms with E-state index in [-0.39, 0.29) is 24.8 Å². The molecule has 23 heavy (non-hydrogen) atoms. The van der Waals surface area contributed by atoms with Crippen LogP contribution in [0.2, 0.25) is 0 Å². The standard InChI is InChI=1S/C15H21N3O2S.2ClH/c1-2-20-12-3-4-13-14(11-12)17-15(16-13)21-10-7-18-5-8-19-9-6-18;;/h3-4,11H,2,5-10H2,1H3,(H,16,17);2*1H. The van der Waals surface area contributed by atoms with E-state index in [2.05, 4.69) is 16.0 Å². The van der Waals surface area contributed by atoms with Crippen LogP contribution in [-0.2, 0) is 4.74 Å². The van der Waals surface area contributed by atoms with Gasteiger partial charge in [-0.25, -0.2) is 9.97 Å². The summed E-state index contributed by atoms with van der Waals surface area (Å²) in [7, 11) is 0. The molecule has 2 aromatic rings. The van der Waals surface area contributed by atoms with Gasteiger partial charge in [-0.1, -0.05) is 0 Å². The molecule has 0 radical (unpaired) electrons. The maximum atomic E-state index is 5.53. The van der Waals surface area contributed by atoms with Crippen molar-refractivity contribution in [2.75, 3.05) is 45.2 Å². The summed E-state index contributed by atoms with van der Waals surface area (Å²) in [6.45, 7) is 7.95. The van der Waals surface area contributed by atoms with Crippen LogP contribution in [0.5, 0.6) is 5.75 Å². The Hall–Kier alpha value is -0.660. The Labute approximate surface area is 153 Å². The fourth-order valence-electron chi connectivity index (χ4n) is 2.55. The van der Waals surface area contributed by atoms with E-state index in [1.807, 2.05) is 30.8 Å². The van der Waals surface area contributed by atoms with Crippen LogP contribution in [0.15, 0.2) is 23.4 Å². The molecule has 0 aliphatic carbocycles. The van der Waals surface area contributed by atoms with Crippen LogP contribution in [-0.4, -0.2) is 50.2 Å². The van der Waals surface area contributed by atoms with Crippen molar-refractivity contribution < 1.29 is 44.2 Å². The van der Waals surface area contributed by atoms with Gasteiger partial charge >= 0.3 is 5.16 Å². The summed E-state index contributed by atoms with van der Waals surface area (Å²) in [6, 6.07) is 6.11. The molecule has 8 heteroatoms. The maximum Gasteiger partial charge on any atom is 0.314 e. The number of morpholine rings is 1. The number of halogens is 2. The van der Waals surface area contributed by atoms with E-state index in [4.69, 9.17) is 9.47 Å². The van der Waals surface area contributed by atoms with E-state index in [1.165, 1.54) is 6.54 Å². The Bertz CT molecular complexity index is 591. The lowest BCUT2D eigenvalue weighted by Crippen LogP contribution is -3.14. The molecule has 0 unspecified atom stereocenters. The molecule has 1 aromatic carbocycles. The van der Waals surface area contributed by atoms with Gasteiger partial charge < -0.3 is 39.2 Å². The number of benzene rings is 1. The van der Waals surface area contributed by atoms with Crippen LogP contribution in [0.1, 0.15) is 6.92 Å². The van der Waals surface area contributed by atoms with Crippen LogP contribution >= 0.6 is 11.8 Å². The number of H-pyrrole nitrogens is 2. The van der Waals surface area contributed by atoms with E-state index in [1.54, 1.807) is 4.90 Å².